The number of carbonyl (C=O) groups is 2. The molecule has 0 radical (unpaired) electrons. The molecule has 0 aliphatic carbocycles. The van der Waals surface area contributed by atoms with Gasteiger partial charge in [-0.05, 0) is 31.8 Å². The quantitative estimate of drug-likeness (QED) is 0.791. The van der Waals surface area contributed by atoms with Gasteiger partial charge < -0.3 is 15.5 Å². The lowest BCUT2D eigenvalue weighted by atomic mass is 9.95. The molecule has 116 valence electrons. The molecular formula is C15H29N3O2. The third-order valence-electron chi connectivity index (χ3n) is 3.73. The minimum atomic E-state index is -0.445. The van der Waals surface area contributed by atoms with Crippen LogP contribution in [0.25, 0.3) is 0 Å². The monoisotopic (exact) mass is 283 g/mol. The summed E-state index contributed by atoms with van der Waals surface area (Å²) in [5.41, 5.74) is -0.445. The smallest absolute Gasteiger partial charge is 0.241 e. The van der Waals surface area contributed by atoms with E-state index in [4.69, 9.17) is 0 Å². The average molecular weight is 283 g/mol. The Hall–Kier alpha value is -1.10. The summed E-state index contributed by atoms with van der Waals surface area (Å²) in [5, 5.41) is 6.08. The largest absolute Gasteiger partial charge is 0.347 e. The van der Waals surface area contributed by atoms with Crippen LogP contribution in [0.2, 0.25) is 0 Å². The summed E-state index contributed by atoms with van der Waals surface area (Å²) in [6, 6.07) is 0. The summed E-state index contributed by atoms with van der Waals surface area (Å²) in [4.78, 5) is 25.6. The van der Waals surface area contributed by atoms with Gasteiger partial charge in [0.15, 0.2) is 0 Å². The van der Waals surface area contributed by atoms with Crippen LogP contribution in [0.15, 0.2) is 0 Å². The Kier molecular flexibility index (Phi) is 6.46. The highest BCUT2D eigenvalue weighted by atomic mass is 16.2. The second-order valence-corrected chi connectivity index (χ2v) is 6.56. The van der Waals surface area contributed by atoms with Gasteiger partial charge in [0.1, 0.15) is 0 Å². The fourth-order valence-corrected chi connectivity index (χ4v) is 2.27. The third kappa shape index (κ3) is 5.49. The van der Waals surface area contributed by atoms with Crippen molar-refractivity contribution in [3.05, 3.63) is 0 Å². The van der Waals surface area contributed by atoms with E-state index in [0.29, 0.717) is 5.92 Å². The van der Waals surface area contributed by atoms with Gasteiger partial charge >= 0.3 is 0 Å². The maximum atomic E-state index is 12.0. The second-order valence-electron chi connectivity index (χ2n) is 6.56. The number of nitrogens with one attached hydrogen (secondary N) is 2. The van der Waals surface area contributed by atoms with Gasteiger partial charge in [-0.3, -0.25) is 9.59 Å². The predicted octanol–water partition coefficient (Wildman–Crippen LogP) is 0.997. The number of hydrogen-bond donors (Lipinski definition) is 2. The highest BCUT2D eigenvalue weighted by Crippen LogP contribution is 2.16. The first-order valence-corrected chi connectivity index (χ1v) is 7.61. The molecule has 1 saturated heterocycles. The van der Waals surface area contributed by atoms with Crippen LogP contribution in [0.4, 0.5) is 0 Å². The molecular weight excluding hydrogens is 254 g/mol. The Balaban J connectivity index is 2.27. The minimum absolute atomic E-state index is 0.0319. The van der Waals surface area contributed by atoms with Crippen LogP contribution in [-0.4, -0.2) is 49.4 Å². The van der Waals surface area contributed by atoms with Crippen LogP contribution >= 0.6 is 0 Å². The Labute approximate surface area is 122 Å². The highest BCUT2D eigenvalue weighted by molar-refractivity contribution is 5.87. The number of carbonyl (C=O) groups excluding carboxylic acids is 2. The van der Waals surface area contributed by atoms with Gasteiger partial charge in [-0.25, -0.2) is 0 Å². The highest BCUT2D eigenvalue weighted by Gasteiger charge is 2.25. The molecule has 1 heterocycles. The van der Waals surface area contributed by atoms with Crippen LogP contribution in [0.3, 0.4) is 0 Å². The molecule has 5 heteroatoms. The summed E-state index contributed by atoms with van der Waals surface area (Å²) >= 11 is 0. The van der Waals surface area contributed by atoms with E-state index in [1.54, 1.807) is 0 Å². The van der Waals surface area contributed by atoms with Crippen LogP contribution in [0.5, 0.6) is 0 Å². The molecule has 1 aliphatic heterocycles. The van der Waals surface area contributed by atoms with Gasteiger partial charge in [0.2, 0.25) is 11.8 Å². The topological polar surface area (TPSA) is 61.4 Å². The van der Waals surface area contributed by atoms with Crippen LogP contribution in [-0.2, 0) is 9.59 Å². The SMILES string of the molecule is CCNCC1CCN(C(=O)CNC(=O)C(C)(C)C)CC1. The van der Waals surface area contributed by atoms with Gasteiger partial charge in [-0.2, -0.15) is 0 Å². The van der Waals surface area contributed by atoms with E-state index in [2.05, 4.69) is 17.6 Å². The normalized spacial score (nSPS) is 17.1. The lowest BCUT2D eigenvalue weighted by molar-refractivity contribution is -0.136. The van der Waals surface area contributed by atoms with E-state index >= 15 is 0 Å². The molecule has 20 heavy (non-hydrogen) atoms. The number of nitrogens with zero attached hydrogens (tertiary/aromatic N) is 1. The van der Waals surface area contributed by atoms with E-state index in [0.717, 1.165) is 39.0 Å². The third-order valence-corrected chi connectivity index (χ3v) is 3.73. The Morgan fingerprint density at radius 3 is 2.30 bits per heavy atom. The molecule has 1 rings (SSSR count). The van der Waals surface area contributed by atoms with Crippen molar-refractivity contribution in [3.63, 3.8) is 0 Å². The van der Waals surface area contributed by atoms with Crippen molar-refractivity contribution in [1.82, 2.24) is 15.5 Å². The molecule has 0 aromatic carbocycles. The standard InChI is InChI=1S/C15H29N3O2/c1-5-16-10-12-6-8-18(9-7-12)13(19)11-17-14(20)15(2,3)4/h12,16H,5-11H2,1-4H3,(H,17,20). The van der Waals surface area contributed by atoms with Crippen molar-refractivity contribution in [3.8, 4) is 0 Å². The van der Waals surface area contributed by atoms with Crippen molar-refractivity contribution >= 4 is 11.8 Å². The molecule has 0 aromatic rings. The summed E-state index contributed by atoms with van der Waals surface area (Å²) in [6.45, 7) is 11.4. The predicted molar refractivity (Wildman–Crippen MR) is 80.3 cm³/mol. The van der Waals surface area contributed by atoms with Crippen molar-refractivity contribution in [1.29, 1.82) is 0 Å². The average Bonchev–Trinajstić information content (AvgIpc) is 2.41. The molecule has 0 atom stereocenters. The zero-order chi connectivity index (χ0) is 15.2. The molecule has 2 N–H and O–H groups in total. The fraction of sp³-hybridized carbons (Fsp3) is 0.867. The van der Waals surface area contributed by atoms with Gasteiger partial charge in [-0.15, -0.1) is 0 Å². The zero-order valence-corrected chi connectivity index (χ0v) is 13.3. The van der Waals surface area contributed by atoms with Crippen LogP contribution in [0.1, 0.15) is 40.5 Å². The summed E-state index contributed by atoms with van der Waals surface area (Å²) in [5.74, 6) is 0.626. The van der Waals surface area contributed by atoms with Crippen molar-refractivity contribution in [2.45, 2.75) is 40.5 Å². The number of piperidine rings is 1. The maximum absolute atomic E-state index is 12.0. The van der Waals surface area contributed by atoms with Gasteiger partial charge in [0.25, 0.3) is 0 Å². The van der Waals surface area contributed by atoms with Gasteiger partial charge in [0, 0.05) is 18.5 Å². The minimum Gasteiger partial charge on any atom is -0.347 e. The lowest BCUT2D eigenvalue weighted by Gasteiger charge is -2.32. The second kappa shape index (κ2) is 7.62. The molecule has 0 spiro atoms. The first-order chi connectivity index (χ1) is 9.34. The molecule has 5 nitrogen and oxygen atoms in total. The van der Waals surface area contributed by atoms with Crippen LogP contribution in [0, 0.1) is 11.3 Å². The van der Waals surface area contributed by atoms with Gasteiger partial charge in [0.05, 0.1) is 6.54 Å². The maximum Gasteiger partial charge on any atom is 0.241 e. The number of hydrogen-bond acceptors (Lipinski definition) is 3. The molecule has 0 unspecified atom stereocenters. The summed E-state index contributed by atoms with van der Waals surface area (Å²) in [7, 11) is 0. The molecule has 0 saturated carbocycles. The van der Waals surface area contributed by atoms with E-state index in [1.807, 2.05) is 25.7 Å². The Morgan fingerprint density at radius 2 is 1.80 bits per heavy atom. The zero-order valence-electron chi connectivity index (χ0n) is 13.3. The first-order valence-electron chi connectivity index (χ1n) is 7.61. The summed E-state index contributed by atoms with van der Waals surface area (Å²) < 4.78 is 0. The van der Waals surface area contributed by atoms with E-state index < -0.39 is 5.41 Å². The van der Waals surface area contributed by atoms with Crippen molar-refractivity contribution in [2.24, 2.45) is 11.3 Å². The van der Waals surface area contributed by atoms with Crippen molar-refractivity contribution in [2.75, 3.05) is 32.7 Å². The van der Waals surface area contributed by atoms with Crippen molar-refractivity contribution < 1.29 is 9.59 Å². The number of amides is 2. The summed E-state index contributed by atoms with van der Waals surface area (Å²) in [6.07, 6.45) is 2.10. The molecule has 2 amide bonds. The molecule has 0 aromatic heterocycles. The van der Waals surface area contributed by atoms with E-state index in [9.17, 15) is 9.59 Å². The Bertz CT molecular complexity index is 329. The number of likely N-dealkylation sites (tertiary alicyclic amines) is 1. The fourth-order valence-electron chi connectivity index (χ4n) is 2.27. The molecule has 1 aliphatic rings. The first kappa shape index (κ1) is 17.0. The van der Waals surface area contributed by atoms with E-state index in [-0.39, 0.29) is 18.4 Å². The molecule has 0 bridgehead atoms. The number of rotatable bonds is 5. The molecule has 1 fully saturated rings. The van der Waals surface area contributed by atoms with Gasteiger partial charge in [-0.1, -0.05) is 27.7 Å². The Morgan fingerprint density at radius 1 is 1.20 bits per heavy atom. The lowest BCUT2D eigenvalue weighted by Crippen LogP contribution is -2.46. The van der Waals surface area contributed by atoms with E-state index in [1.165, 1.54) is 0 Å². The van der Waals surface area contributed by atoms with Crippen LogP contribution < -0.4 is 10.6 Å².